The van der Waals surface area contributed by atoms with Gasteiger partial charge in [0, 0.05) is 5.56 Å². The van der Waals surface area contributed by atoms with Crippen molar-refractivity contribution < 1.29 is 19.0 Å². The van der Waals surface area contributed by atoms with Crippen LogP contribution in [-0.2, 0) is 6.61 Å². The number of aromatic nitrogens is 1. The highest BCUT2D eigenvalue weighted by Gasteiger charge is 2.09. The number of rotatable bonds is 7. The number of hydrogen-bond donors (Lipinski definition) is 1. The van der Waals surface area contributed by atoms with Crippen LogP contribution in [0.25, 0.3) is 17.5 Å². The van der Waals surface area contributed by atoms with Gasteiger partial charge in [-0.15, -0.1) is 0 Å². The molecule has 0 unspecified atom stereocenters. The summed E-state index contributed by atoms with van der Waals surface area (Å²) in [6.45, 7) is 0.273. The molecule has 0 saturated carbocycles. The second-order valence-corrected chi connectivity index (χ2v) is 5.29. The van der Waals surface area contributed by atoms with Crippen LogP contribution in [0.4, 0.5) is 0 Å². The fraction of sp³-hybridized carbons (Fsp3) is 0.150. The van der Waals surface area contributed by atoms with E-state index in [-0.39, 0.29) is 13.2 Å². The molecule has 0 fully saturated rings. The summed E-state index contributed by atoms with van der Waals surface area (Å²) in [5.74, 6) is 1.80. The number of aliphatic hydroxyl groups excluding tert-OH is 1. The lowest BCUT2D eigenvalue weighted by Gasteiger charge is -2.10. The first kappa shape index (κ1) is 16.8. The van der Waals surface area contributed by atoms with Crippen molar-refractivity contribution in [2.45, 2.75) is 6.61 Å². The van der Waals surface area contributed by atoms with Gasteiger partial charge >= 0.3 is 0 Å². The Labute approximate surface area is 146 Å². The maximum atomic E-state index is 8.84. The highest BCUT2D eigenvalue weighted by molar-refractivity contribution is 5.56. The van der Waals surface area contributed by atoms with E-state index in [1.165, 1.54) is 0 Å². The molecule has 128 valence electrons. The molecule has 5 heteroatoms. The average Bonchev–Trinajstić information content (AvgIpc) is 3.14. The fourth-order valence-corrected chi connectivity index (χ4v) is 2.33. The number of benzene rings is 2. The normalized spacial score (nSPS) is 11.0. The summed E-state index contributed by atoms with van der Waals surface area (Å²) in [7, 11) is 1.59. The van der Waals surface area contributed by atoms with Gasteiger partial charge in [0.1, 0.15) is 18.6 Å². The largest absolute Gasteiger partial charge is 0.493 e. The molecule has 1 N–H and O–H groups in total. The Bertz CT molecular complexity index is 840. The first-order chi connectivity index (χ1) is 12.3. The van der Waals surface area contributed by atoms with Crippen molar-refractivity contribution in [2.75, 3.05) is 13.7 Å². The van der Waals surface area contributed by atoms with E-state index < -0.39 is 0 Å². The molecule has 0 bridgehead atoms. The van der Waals surface area contributed by atoms with E-state index in [9.17, 15) is 0 Å². The molecule has 0 aliphatic rings. The quantitative estimate of drug-likeness (QED) is 0.707. The lowest BCUT2D eigenvalue weighted by molar-refractivity contribution is 0.280. The summed E-state index contributed by atoms with van der Waals surface area (Å²) in [5, 5.41) is 8.84. The molecule has 3 aromatic rings. The number of nitrogens with zero attached hydrogens (tertiary/aromatic N) is 1. The van der Waals surface area contributed by atoms with Gasteiger partial charge in [0.2, 0.25) is 5.89 Å². The topological polar surface area (TPSA) is 64.7 Å². The average molecular weight is 337 g/mol. The molecular formula is C20H19NO4. The molecule has 1 aromatic heterocycles. The van der Waals surface area contributed by atoms with E-state index in [4.69, 9.17) is 19.0 Å². The Morgan fingerprint density at radius 1 is 1.12 bits per heavy atom. The summed E-state index contributed by atoms with van der Waals surface area (Å²) in [4.78, 5) is 4.44. The van der Waals surface area contributed by atoms with Gasteiger partial charge in [-0.3, -0.25) is 0 Å². The molecule has 25 heavy (non-hydrogen) atoms. The number of methoxy groups -OCH3 is 1. The monoisotopic (exact) mass is 337 g/mol. The van der Waals surface area contributed by atoms with Crippen LogP contribution in [0.5, 0.6) is 11.5 Å². The first-order valence-electron chi connectivity index (χ1n) is 7.88. The van der Waals surface area contributed by atoms with Crippen molar-refractivity contribution in [1.82, 2.24) is 4.98 Å². The number of aliphatic hydroxyl groups is 1. The molecule has 0 spiro atoms. The Morgan fingerprint density at radius 2 is 1.96 bits per heavy atom. The maximum Gasteiger partial charge on any atom is 0.226 e. The number of oxazole rings is 1. The van der Waals surface area contributed by atoms with Crippen molar-refractivity contribution in [2.24, 2.45) is 0 Å². The molecule has 0 amide bonds. The molecule has 0 atom stereocenters. The van der Waals surface area contributed by atoms with Crippen LogP contribution >= 0.6 is 0 Å². The predicted molar refractivity (Wildman–Crippen MR) is 95.4 cm³/mol. The molecule has 1 heterocycles. The van der Waals surface area contributed by atoms with Gasteiger partial charge in [0.25, 0.3) is 0 Å². The van der Waals surface area contributed by atoms with Gasteiger partial charge in [-0.05, 0) is 29.8 Å². The highest BCUT2D eigenvalue weighted by atomic mass is 16.5. The smallest absolute Gasteiger partial charge is 0.226 e. The van der Waals surface area contributed by atoms with Crippen LogP contribution in [0.2, 0.25) is 0 Å². The van der Waals surface area contributed by atoms with Crippen LogP contribution < -0.4 is 9.47 Å². The van der Waals surface area contributed by atoms with E-state index in [0.717, 1.165) is 11.1 Å². The second-order valence-electron chi connectivity index (χ2n) is 5.29. The minimum Gasteiger partial charge on any atom is -0.493 e. The van der Waals surface area contributed by atoms with E-state index >= 15 is 0 Å². The van der Waals surface area contributed by atoms with Crippen molar-refractivity contribution in [3.63, 3.8) is 0 Å². The van der Waals surface area contributed by atoms with Crippen molar-refractivity contribution in [3.05, 3.63) is 72.1 Å². The van der Waals surface area contributed by atoms with Crippen LogP contribution in [0.1, 0.15) is 11.3 Å². The van der Waals surface area contributed by atoms with Crippen molar-refractivity contribution in [3.8, 4) is 23.0 Å². The Balaban J connectivity index is 1.69. The summed E-state index contributed by atoms with van der Waals surface area (Å²) in [6.07, 6.45) is 5.07. The lowest BCUT2D eigenvalue weighted by atomic mass is 10.2. The van der Waals surface area contributed by atoms with Crippen molar-refractivity contribution >= 4 is 6.08 Å². The van der Waals surface area contributed by atoms with Crippen molar-refractivity contribution in [1.29, 1.82) is 0 Å². The predicted octanol–water partition coefficient (Wildman–Crippen LogP) is 3.93. The van der Waals surface area contributed by atoms with E-state index in [0.29, 0.717) is 23.1 Å². The second kappa shape index (κ2) is 8.17. The van der Waals surface area contributed by atoms with E-state index in [1.54, 1.807) is 19.4 Å². The van der Waals surface area contributed by atoms with Gasteiger partial charge in [0.15, 0.2) is 11.5 Å². The van der Waals surface area contributed by atoms with Gasteiger partial charge in [0.05, 0.1) is 13.7 Å². The molecule has 0 radical (unpaired) electrons. The molecule has 0 aliphatic carbocycles. The standard InChI is InChI=1S/C20H19NO4/c1-23-19-12-15(6-5-11-22)9-10-18(19)24-13-17-14-25-20(21-17)16-7-3-2-4-8-16/h2-10,12,14,22H,11,13H2,1H3. The Kier molecular flexibility index (Phi) is 5.49. The highest BCUT2D eigenvalue weighted by Crippen LogP contribution is 2.29. The van der Waals surface area contributed by atoms with Crippen LogP contribution in [-0.4, -0.2) is 23.8 Å². The fourth-order valence-electron chi connectivity index (χ4n) is 2.33. The summed E-state index contributed by atoms with van der Waals surface area (Å²) in [6, 6.07) is 15.3. The van der Waals surface area contributed by atoms with Gasteiger partial charge in [-0.25, -0.2) is 4.98 Å². The zero-order valence-electron chi connectivity index (χ0n) is 13.9. The maximum absolute atomic E-state index is 8.84. The summed E-state index contributed by atoms with van der Waals surface area (Å²) < 4.78 is 16.7. The van der Waals surface area contributed by atoms with E-state index in [2.05, 4.69) is 4.98 Å². The first-order valence-corrected chi connectivity index (χ1v) is 7.88. The third-order valence-corrected chi connectivity index (χ3v) is 3.55. The molecule has 0 saturated heterocycles. The van der Waals surface area contributed by atoms with Crippen LogP contribution in [0.3, 0.4) is 0 Å². The minimum absolute atomic E-state index is 0.00350. The molecule has 0 aliphatic heterocycles. The van der Waals surface area contributed by atoms with Crippen LogP contribution in [0, 0.1) is 0 Å². The van der Waals surface area contributed by atoms with Crippen LogP contribution in [0.15, 0.2) is 65.3 Å². The lowest BCUT2D eigenvalue weighted by Crippen LogP contribution is -1.98. The van der Waals surface area contributed by atoms with Gasteiger partial charge < -0.3 is 19.0 Å². The Morgan fingerprint density at radius 3 is 2.72 bits per heavy atom. The Hall–Kier alpha value is -3.05. The molecule has 3 rings (SSSR count). The zero-order valence-corrected chi connectivity index (χ0v) is 13.9. The third kappa shape index (κ3) is 4.28. The molecule has 5 nitrogen and oxygen atoms in total. The zero-order chi connectivity index (χ0) is 17.5. The number of hydrogen-bond acceptors (Lipinski definition) is 5. The summed E-state index contributed by atoms with van der Waals surface area (Å²) >= 11 is 0. The summed E-state index contributed by atoms with van der Waals surface area (Å²) in [5.41, 5.74) is 2.54. The SMILES string of the molecule is COc1cc(C=CCO)ccc1OCc1coc(-c2ccccc2)n1. The molecular weight excluding hydrogens is 318 g/mol. The molecule has 2 aromatic carbocycles. The minimum atomic E-state index is -0.00350. The van der Waals surface area contributed by atoms with Gasteiger partial charge in [-0.1, -0.05) is 36.4 Å². The van der Waals surface area contributed by atoms with E-state index in [1.807, 2.05) is 54.6 Å². The van der Waals surface area contributed by atoms with Gasteiger partial charge in [-0.2, -0.15) is 0 Å². The third-order valence-electron chi connectivity index (χ3n) is 3.55. The number of ether oxygens (including phenoxy) is 2.